The molecule has 362 valence electrons. The summed E-state index contributed by atoms with van der Waals surface area (Å²) in [5.74, 6) is -0.339. The van der Waals surface area contributed by atoms with Crippen LogP contribution in [0.2, 0.25) is 0 Å². The zero-order chi connectivity index (χ0) is 45.5. The van der Waals surface area contributed by atoms with E-state index in [4.69, 9.17) is 18.5 Å². The van der Waals surface area contributed by atoms with Crippen LogP contribution in [0.15, 0.2) is 60.8 Å². The van der Waals surface area contributed by atoms with E-state index in [2.05, 4.69) is 74.6 Å². The van der Waals surface area contributed by atoms with E-state index >= 15 is 0 Å². The van der Waals surface area contributed by atoms with Gasteiger partial charge in [0.2, 0.25) is 0 Å². The van der Waals surface area contributed by atoms with E-state index < -0.39 is 13.9 Å². The van der Waals surface area contributed by atoms with Crippen molar-refractivity contribution in [1.29, 1.82) is 0 Å². The minimum absolute atomic E-state index is 0.0240. The third-order valence-electron chi connectivity index (χ3n) is 10.8. The number of phosphoric ester groups is 1. The van der Waals surface area contributed by atoms with E-state index in [0.717, 1.165) is 70.6 Å². The lowest BCUT2D eigenvalue weighted by Crippen LogP contribution is -2.37. The van der Waals surface area contributed by atoms with Crippen molar-refractivity contribution in [3.05, 3.63) is 60.8 Å². The van der Waals surface area contributed by atoms with E-state index in [1.54, 1.807) is 0 Å². The van der Waals surface area contributed by atoms with Crippen molar-refractivity contribution in [3.8, 4) is 0 Å². The first kappa shape index (κ1) is 60.2. The standard InChI is InChI=1S/C53H98NO7P/c1-6-8-10-12-14-16-18-20-22-23-24-25-26-27-28-29-30-31-32-34-36-38-40-42-44-46-53(55)61-52(51-60-62(56,57)59-49-47-54(3,4)5)50-58-48-45-43-41-39-37-35-33-21-19-17-15-13-11-9-7-2/h8,10,14,16,20,22,24-25,27-28,52H,6-7,9,11-13,15,17-19,21,23,26,29-51H2,1-5H3/b10-8-,16-14-,22-20-,25-24-,28-27-. The summed E-state index contributed by atoms with van der Waals surface area (Å²) in [5.41, 5.74) is 0. The maximum atomic E-state index is 12.7. The van der Waals surface area contributed by atoms with Gasteiger partial charge in [-0.3, -0.25) is 9.36 Å². The first-order chi connectivity index (χ1) is 30.1. The van der Waals surface area contributed by atoms with Gasteiger partial charge in [0.1, 0.15) is 19.3 Å². The molecule has 0 fully saturated rings. The van der Waals surface area contributed by atoms with Crippen molar-refractivity contribution in [3.63, 3.8) is 0 Å². The number of allylic oxidation sites excluding steroid dienone is 10. The highest BCUT2D eigenvalue weighted by molar-refractivity contribution is 7.45. The van der Waals surface area contributed by atoms with Crippen LogP contribution in [-0.2, 0) is 27.9 Å². The number of phosphoric acid groups is 1. The van der Waals surface area contributed by atoms with E-state index in [-0.39, 0.29) is 25.8 Å². The van der Waals surface area contributed by atoms with Crippen molar-refractivity contribution >= 4 is 13.8 Å². The molecule has 0 amide bonds. The van der Waals surface area contributed by atoms with Crippen LogP contribution in [0.25, 0.3) is 0 Å². The van der Waals surface area contributed by atoms with Crippen molar-refractivity contribution in [1.82, 2.24) is 0 Å². The third kappa shape index (κ3) is 49.2. The summed E-state index contributed by atoms with van der Waals surface area (Å²) in [5, 5.41) is 0. The van der Waals surface area contributed by atoms with Crippen LogP contribution < -0.4 is 4.89 Å². The molecule has 0 rings (SSSR count). The molecule has 0 bridgehead atoms. The molecule has 62 heavy (non-hydrogen) atoms. The van der Waals surface area contributed by atoms with Crippen molar-refractivity contribution < 1.29 is 37.3 Å². The number of hydrogen-bond acceptors (Lipinski definition) is 7. The molecule has 0 heterocycles. The maximum absolute atomic E-state index is 12.7. The molecule has 8 nitrogen and oxygen atoms in total. The number of likely N-dealkylation sites (N-methyl/N-ethyl adjacent to an activating group) is 1. The van der Waals surface area contributed by atoms with Gasteiger partial charge in [-0.05, 0) is 57.8 Å². The molecular formula is C53H98NO7P. The molecule has 0 aromatic carbocycles. The Morgan fingerprint density at radius 3 is 1.40 bits per heavy atom. The number of carbonyl (C=O) groups is 1. The lowest BCUT2D eigenvalue weighted by molar-refractivity contribution is -0.870. The molecule has 2 unspecified atom stereocenters. The largest absolute Gasteiger partial charge is 0.756 e. The smallest absolute Gasteiger partial charge is 0.306 e. The van der Waals surface area contributed by atoms with Gasteiger partial charge in [0.05, 0.1) is 34.4 Å². The summed E-state index contributed by atoms with van der Waals surface area (Å²) in [6.07, 6.45) is 58.1. The zero-order valence-corrected chi connectivity index (χ0v) is 42.0. The summed E-state index contributed by atoms with van der Waals surface area (Å²) in [6, 6.07) is 0. The lowest BCUT2D eigenvalue weighted by Gasteiger charge is -2.28. The second kappa shape index (κ2) is 45.8. The number of rotatable bonds is 47. The van der Waals surface area contributed by atoms with Gasteiger partial charge in [0.25, 0.3) is 7.82 Å². The SMILES string of the molecule is CC/C=C\C/C=C\C/C=C\C/C=C\C/C=C\CCCCCCCCCCCC(=O)OC(COCCCCCCCCCCCCCCCCC)COP(=O)([O-])OCC[N+](C)(C)C. The molecule has 0 radical (unpaired) electrons. The quantitative estimate of drug-likeness (QED) is 0.0197. The number of unbranched alkanes of at least 4 members (excludes halogenated alkanes) is 23. The topological polar surface area (TPSA) is 94.1 Å². The number of hydrogen-bond donors (Lipinski definition) is 0. The predicted octanol–water partition coefficient (Wildman–Crippen LogP) is 15.0. The number of quaternary nitrogens is 1. The van der Waals surface area contributed by atoms with Gasteiger partial charge in [0, 0.05) is 13.0 Å². The Labute approximate surface area is 383 Å². The first-order valence-corrected chi connectivity index (χ1v) is 27.0. The van der Waals surface area contributed by atoms with Crippen LogP contribution in [0.3, 0.4) is 0 Å². The first-order valence-electron chi connectivity index (χ1n) is 25.5. The molecule has 0 aliphatic heterocycles. The van der Waals surface area contributed by atoms with Crippen molar-refractivity contribution in [2.45, 2.75) is 219 Å². The minimum Gasteiger partial charge on any atom is -0.756 e. The van der Waals surface area contributed by atoms with Crippen LogP contribution in [-0.4, -0.2) is 70.7 Å². The Morgan fingerprint density at radius 2 is 0.935 bits per heavy atom. The number of nitrogens with zero attached hydrogens (tertiary/aromatic N) is 1. The second-order valence-electron chi connectivity index (χ2n) is 18.2. The molecule has 0 aliphatic carbocycles. The Bertz CT molecular complexity index is 1170. The Morgan fingerprint density at radius 1 is 0.516 bits per heavy atom. The summed E-state index contributed by atoms with van der Waals surface area (Å²) < 4.78 is 34.7. The van der Waals surface area contributed by atoms with Gasteiger partial charge in [-0.2, -0.15) is 0 Å². The van der Waals surface area contributed by atoms with Crippen molar-refractivity contribution in [2.24, 2.45) is 0 Å². The molecular weight excluding hydrogens is 794 g/mol. The molecule has 9 heteroatoms. The normalized spacial score (nSPS) is 14.1. The minimum atomic E-state index is -4.53. The fourth-order valence-electron chi connectivity index (χ4n) is 6.93. The Hall–Kier alpha value is -1.80. The van der Waals surface area contributed by atoms with E-state index in [1.807, 2.05) is 21.1 Å². The van der Waals surface area contributed by atoms with Gasteiger partial charge in [-0.1, -0.05) is 209 Å². The van der Waals surface area contributed by atoms with Crippen LogP contribution in [0.1, 0.15) is 213 Å². The highest BCUT2D eigenvalue weighted by Crippen LogP contribution is 2.38. The van der Waals surface area contributed by atoms with Crippen LogP contribution in [0, 0.1) is 0 Å². The summed E-state index contributed by atoms with van der Waals surface area (Å²) in [6.45, 7) is 5.32. The van der Waals surface area contributed by atoms with Gasteiger partial charge in [-0.25, -0.2) is 0 Å². The highest BCUT2D eigenvalue weighted by Gasteiger charge is 2.20. The Balaban J connectivity index is 4.13. The molecule has 0 saturated heterocycles. The molecule has 0 aliphatic rings. The lowest BCUT2D eigenvalue weighted by atomic mass is 10.0. The average Bonchev–Trinajstić information content (AvgIpc) is 3.23. The second-order valence-corrected chi connectivity index (χ2v) is 19.6. The van der Waals surface area contributed by atoms with Crippen LogP contribution >= 0.6 is 7.82 Å². The van der Waals surface area contributed by atoms with Crippen LogP contribution in [0.5, 0.6) is 0 Å². The Kier molecular flexibility index (Phi) is 44.4. The van der Waals surface area contributed by atoms with Gasteiger partial charge in [0.15, 0.2) is 0 Å². The molecule has 2 atom stereocenters. The van der Waals surface area contributed by atoms with Gasteiger partial charge in [-0.15, -0.1) is 0 Å². The summed E-state index contributed by atoms with van der Waals surface area (Å²) in [4.78, 5) is 25.2. The number of carbonyl (C=O) groups excluding carboxylic acids is 1. The van der Waals surface area contributed by atoms with Crippen LogP contribution in [0.4, 0.5) is 0 Å². The number of esters is 1. The summed E-state index contributed by atoms with van der Waals surface area (Å²) in [7, 11) is 1.35. The predicted molar refractivity (Wildman–Crippen MR) is 263 cm³/mol. The van der Waals surface area contributed by atoms with E-state index in [9.17, 15) is 14.3 Å². The molecule has 0 N–H and O–H groups in total. The maximum Gasteiger partial charge on any atom is 0.306 e. The third-order valence-corrected chi connectivity index (χ3v) is 11.8. The fraction of sp³-hybridized carbons (Fsp3) is 0.792. The monoisotopic (exact) mass is 892 g/mol. The zero-order valence-electron chi connectivity index (χ0n) is 41.1. The van der Waals surface area contributed by atoms with Gasteiger partial charge < -0.3 is 27.9 Å². The fourth-order valence-corrected chi connectivity index (χ4v) is 7.66. The van der Waals surface area contributed by atoms with Crippen molar-refractivity contribution in [2.75, 3.05) is 54.1 Å². The van der Waals surface area contributed by atoms with Gasteiger partial charge >= 0.3 is 5.97 Å². The molecule has 0 spiro atoms. The van der Waals surface area contributed by atoms with E-state index in [0.29, 0.717) is 24.1 Å². The van der Waals surface area contributed by atoms with E-state index in [1.165, 1.54) is 122 Å². The number of ether oxygens (including phenoxy) is 2. The molecule has 0 aromatic heterocycles. The molecule has 0 aromatic rings. The molecule has 0 saturated carbocycles. The average molecular weight is 892 g/mol. The highest BCUT2D eigenvalue weighted by atomic mass is 31.2. The summed E-state index contributed by atoms with van der Waals surface area (Å²) >= 11 is 0.